The monoisotopic (exact) mass is 511 g/mol. The highest BCUT2D eigenvalue weighted by Gasteiger charge is 2.47. The van der Waals surface area contributed by atoms with Crippen molar-refractivity contribution in [2.45, 2.75) is 19.9 Å². The van der Waals surface area contributed by atoms with Crippen LogP contribution < -0.4 is 14.4 Å². The number of methoxy groups -OCH3 is 2. The van der Waals surface area contributed by atoms with E-state index in [2.05, 4.69) is 0 Å². The van der Waals surface area contributed by atoms with Crippen molar-refractivity contribution in [2.75, 3.05) is 19.1 Å². The van der Waals surface area contributed by atoms with E-state index in [1.165, 1.54) is 31.3 Å². The minimum Gasteiger partial charge on any atom is -0.507 e. The van der Waals surface area contributed by atoms with Crippen LogP contribution in [-0.2, 0) is 9.59 Å². The van der Waals surface area contributed by atoms with Crippen molar-refractivity contribution in [3.8, 4) is 11.5 Å². The molecule has 0 radical (unpaired) electrons. The van der Waals surface area contributed by atoms with Crippen LogP contribution in [0.25, 0.3) is 5.76 Å². The Kier molecular flexibility index (Phi) is 6.79. The number of Topliss-reactive ketones (excluding diaryl/α,β-unsaturated/α-hetero) is 1. The predicted octanol–water partition coefficient (Wildman–Crippen LogP) is 6.25. The zero-order valence-electron chi connectivity index (χ0n) is 19.6. The van der Waals surface area contributed by atoms with Crippen LogP contribution >= 0.6 is 23.2 Å². The lowest BCUT2D eigenvalue weighted by Crippen LogP contribution is -2.29. The largest absolute Gasteiger partial charge is 0.507 e. The molecule has 1 heterocycles. The summed E-state index contributed by atoms with van der Waals surface area (Å²) in [6, 6.07) is 14.6. The van der Waals surface area contributed by atoms with Crippen molar-refractivity contribution in [1.82, 2.24) is 0 Å². The summed E-state index contributed by atoms with van der Waals surface area (Å²) in [5, 5.41) is 11.7. The van der Waals surface area contributed by atoms with E-state index in [-0.39, 0.29) is 26.9 Å². The van der Waals surface area contributed by atoms with Crippen LogP contribution in [0.1, 0.15) is 28.3 Å². The molecular formula is C27H23Cl2NO5. The van der Waals surface area contributed by atoms with Gasteiger partial charge in [-0.05, 0) is 66.9 Å². The van der Waals surface area contributed by atoms with Crippen LogP contribution in [-0.4, -0.2) is 31.0 Å². The van der Waals surface area contributed by atoms with Crippen LogP contribution in [0.5, 0.6) is 11.5 Å². The molecule has 3 aromatic carbocycles. The van der Waals surface area contributed by atoms with Crippen molar-refractivity contribution in [3.63, 3.8) is 0 Å². The molecule has 0 spiro atoms. The molecule has 0 saturated carbocycles. The molecule has 1 atom stereocenters. The predicted molar refractivity (Wildman–Crippen MR) is 137 cm³/mol. The average molecular weight is 512 g/mol. The number of anilines is 1. The van der Waals surface area contributed by atoms with Gasteiger partial charge >= 0.3 is 0 Å². The van der Waals surface area contributed by atoms with Crippen LogP contribution in [0, 0.1) is 13.8 Å². The molecular weight excluding hydrogens is 489 g/mol. The van der Waals surface area contributed by atoms with Gasteiger partial charge in [0.2, 0.25) is 0 Å². The van der Waals surface area contributed by atoms with Gasteiger partial charge in [0.25, 0.3) is 11.7 Å². The second kappa shape index (κ2) is 9.64. The second-order valence-electron chi connectivity index (χ2n) is 8.26. The van der Waals surface area contributed by atoms with Crippen LogP contribution in [0.2, 0.25) is 10.0 Å². The third kappa shape index (κ3) is 4.47. The molecule has 0 aliphatic carbocycles. The number of halogens is 2. The summed E-state index contributed by atoms with van der Waals surface area (Å²) in [4.78, 5) is 28.1. The maximum absolute atomic E-state index is 13.4. The minimum atomic E-state index is -0.911. The van der Waals surface area contributed by atoms with Crippen LogP contribution in [0.3, 0.4) is 0 Å². The Balaban J connectivity index is 1.99. The molecule has 1 unspecified atom stereocenters. The summed E-state index contributed by atoms with van der Waals surface area (Å²) in [5.74, 6) is -1.18. The third-order valence-corrected chi connectivity index (χ3v) is 6.38. The first-order valence-electron chi connectivity index (χ1n) is 10.7. The van der Waals surface area contributed by atoms with Crippen molar-refractivity contribution < 1.29 is 24.2 Å². The topological polar surface area (TPSA) is 76.1 Å². The van der Waals surface area contributed by atoms with Gasteiger partial charge in [0, 0.05) is 11.3 Å². The first kappa shape index (κ1) is 24.6. The van der Waals surface area contributed by atoms with Crippen LogP contribution in [0.4, 0.5) is 5.69 Å². The Labute approximate surface area is 213 Å². The fourth-order valence-electron chi connectivity index (χ4n) is 4.36. The maximum Gasteiger partial charge on any atom is 0.300 e. The van der Waals surface area contributed by atoms with Crippen LogP contribution in [0.15, 0.2) is 60.2 Å². The number of aryl methyl sites for hydroxylation is 2. The Morgan fingerprint density at radius 1 is 0.914 bits per heavy atom. The third-order valence-electron chi connectivity index (χ3n) is 5.81. The SMILES string of the molecule is COc1cccc(C2/C(=C(\O)c3cc(Cl)c(OC)c(Cl)c3)C(=O)C(=O)N2c2cc(C)cc(C)c2)c1. The Hall–Kier alpha value is -3.48. The van der Waals surface area contributed by atoms with Gasteiger partial charge in [-0.25, -0.2) is 0 Å². The number of hydrogen-bond donors (Lipinski definition) is 1. The molecule has 35 heavy (non-hydrogen) atoms. The number of aliphatic hydroxyl groups is 1. The lowest BCUT2D eigenvalue weighted by Gasteiger charge is -2.26. The van der Waals surface area contributed by atoms with Gasteiger partial charge in [-0.1, -0.05) is 41.4 Å². The van der Waals surface area contributed by atoms with E-state index in [0.717, 1.165) is 11.1 Å². The number of rotatable bonds is 5. The lowest BCUT2D eigenvalue weighted by atomic mass is 9.94. The highest BCUT2D eigenvalue weighted by Crippen LogP contribution is 2.44. The average Bonchev–Trinajstić information content (AvgIpc) is 3.08. The number of carbonyl (C=O) groups excluding carboxylic acids is 2. The number of aliphatic hydroxyl groups excluding tert-OH is 1. The number of amides is 1. The molecule has 6 nitrogen and oxygen atoms in total. The first-order chi connectivity index (χ1) is 16.7. The molecule has 180 valence electrons. The van der Waals surface area contributed by atoms with Gasteiger partial charge in [0.1, 0.15) is 11.5 Å². The van der Waals surface area contributed by atoms with Crippen molar-refractivity contribution in [3.05, 3.63) is 92.5 Å². The van der Waals surface area contributed by atoms with E-state index in [4.69, 9.17) is 32.7 Å². The van der Waals surface area contributed by atoms with Gasteiger partial charge in [-0.2, -0.15) is 0 Å². The van der Waals surface area contributed by atoms with E-state index >= 15 is 0 Å². The molecule has 0 bridgehead atoms. The molecule has 1 N–H and O–H groups in total. The fraction of sp³-hybridized carbons (Fsp3) is 0.185. The summed E-state index contributed by atoms with van der Waals surface area (Å²) >= 11 is 12.6. The van der Waals surface area contributed by atoms with Gasteiger partial charge in [-0.3, -0.25) is 14.5 Å². The molecule has 1 amide bonds. The van der Waals surface area contributed by atoms with Gasteiger partial charge in [0.05, 0.1) is 35.9 Å². The summed E-state index contributed by atoms with van der Waals surface area (Å²) in [6.45, 7) is 3.82. The smallest absolute Gasteiger partial charge is 0.300 e. The zero-order valence-corrected chi connectivity index (χ0v) is 21.1. The maximum atomic E-state index is 13.4. The number of nitrogens with zero attached hydrogens (tertiary/aromatic N) is 1. The molecule has 0 aromatic heterocycles. The summed E-state index contributed by atoms with van der Waals surface area (Å²) in [6.07, 6.45) is 0. The summed E-state index contributed by atoms with van der Waals surface area (Å²) in [5.41, 5.74) is 3.10. The highest BCUT2D eigenvalue weighted by atomic mass is 35.5. The lowest BCUT2D eigenvalue weighted by molar-refractivity contribution is -0.132. The first-order valence-corrected chi connectivity index (χ1v) is 11.5. The number of carbonyl (C=O) groups is 2. The summed E-state index contributed by atoms with van der Waals surface area (Å²) < 4.78 is 10.6. The van der Waals surface area contributed by atoms with E-state index in [9.17, 15) is 14.7 Å². The number of hydrogen-bond acceptors (Lipinski definition) is 5. The fourth-order valence-corrected chi connectivity index (χ4v) is 5.00. The quantitative estimate of drug-likeness (QED) is 0.248. The minimum absolute atomic E-state index is 0.0836. The molecule has 1 saturated heterocycles. The number of benzene rings is 3. The molecule has 8 heteroatoms. The Morgan fingerprint density at radius 3 is 2.11 bits per heavy atom. The van der Waals surface area contributed by atoms with Crippen molar-refractivity contribution in [2.24, 2.45) is 0 Å². The molecule has 1 aliphatic heterocycles. The number of ether oxygens (including phenoxy) is 2. The summed E-state index contributed by atoms with van der Waals surface area (Å²) in [7, 11) is 2.95. The Bertz CT molecular complexity index is 1340. The van der Waals surface area contributed by atoms with Gasteiger partial charge in [-0.15, -0.1) is 0 Å². The molecule has 3 aromatic rings. The van der Waals surface area contributed by atoms with E-state index < -0.39 is 23.5 Å². The van der Waals surface area contributed by atoms with Crippen molar-refractivity contribution >= 4 is 46.3 Å². The van der Waals surface area contributed by atoms with Gasteiger partial charge < -0.3 is 14.6 Å². The molecule has 1 aliphatic rings. The Morgan fingerprint density at radius 2 is 1.54 bits per heavy atom. The van der Waals surface area contributed by atoms with E-state index in [1.54, 1.807) is 24.3 Å². The van der Waals surface area contributed by atoms with Gasteiger partial charge in [0.15, 0.2) is 5.75 Å². The second-order valence-corrected chi connectivity index (χ2v) is 9.08. The standard InChI is InChI=1S/C27H23Cl2NO5/c1-14-8-15(2)10-18(9-14)30-23(16-6-5-7-19(11-16)34-3)22(25(32)27(30)33)24(31)17-12-20(28)26(35-4)21(29)13-17/h5-13,23,31H,1-4H3/b24-22+. The molecule has 4 rings (SSSR count). The highest BCUT2D eigenvalue weighted by molar-refractivity contribution is 6.51. The molecule has 1 fully saturated rings. The number of ketones is 1. The zero-order chi connectivity index (χ0) is 25.4. The van der Waals surface area contributed by atoms with E-state index in [1.807, 2.05) is 32.0 Å². The van der Waals surface area contributed by atoms with Crippen molar-refractivity contribution in [1.29, 1.82) is 0 Å². The normalized spacial score (nSPS) is 17.1. The van der Waals surface area contributed by atoms with E-state index in [0.29, 0.717) is 17.0 Å².